The lowest BCUT2D eigenvalue weighted by Crippen LogP contribution is -2.45. The molecular weight excluding hydrogens is 756 g/mol. The third-order valence-corrected chi connectivity index (χ3v) is 11.3. The molecule has 5 heterocycles. The first kappa shape index (κ1) is 36.4. The number of halogens is 4. The number of nitriles is 1. The normalized spacial score (nSPS) is 15.1. The zero-order valence-electron chi connectivity index (χ0n) is 28.0. The van der Waals surface area contributed by atoms with Crippen LogP contribution in [0.4, 0.5) is 18.9 Å². The zero-order chi connectivity index (χ0) is 37.7. The molecule has 1 saturated heterocycles. The fraction of sp³-hybridized carbons (Fsp3) is 0.265. The van der Waals surface area contributed by atoms with Gasteiger partial charge in [0.25, 0.3) is 5.56 Å². The number of alkyl halides is 3. The summed E-state index contributed by atoms with van der Waals surface area (Å²) >= 11 is 7.64. The van der Waals surface area contributed by atoms with Crippen LogP contribution in [0.25, 0.3) is 32.2 Å². The molecule has 1 N–H and O–H groups in total. The summed E-state index contributed by atoms with van der Waals surface area (Å²) in [5.74, 6) is 0.614. The number of hydrogen-bond donors (Lipinski definition) is 1. The second kappa shape index (κ2) is 14.1. The van der Waals surface area contributed by atoms with Gasteiger partial charge < -0.3 is 19.1 Å². The van der Waals surface area contributed by atoms with Crippen LogP contribution in [0.3, 0.4) is 0 Å². The van der Waals surface area contributed by atoms with Gasteiger partial charge in [0.15, 0.2) is 5.75 Å². The van der Waals surface area contributed by atoms with Gasteiger partial charge in [-0.2, -0.15) is 18.4 Å². The molecular formula is C34H29ClF3N8O5PS. The minimum absolute atomic E-state index is 0.0474. The van der Waals surface area contributed by atoms with Gasteiger partial charge in [-0.05, 0) is 44.3 Å². The number of imidazole rings is 1. The van der Waals surface area contributed by atoms with Crippen LogP contribution < -0.4 is 19.7 Å². The van der Waals surface area contributed by atoms with Crippen molar-refractivity contribution in [2.45, 2.75) is 19.6 Å². The molecule has 0 saturated carbocycles. The molecule has 274 valence electrons. The predicted molar refractivity (Wildman–Crippen MR) is 194 cm³/mol. The lowest BCUT2D eigenvalue weighted by atomic mass is 10.00. The summed E-state index contributed by atoms with van der Waals surface area (Å²) in [6.45, 7) is 2.87. The second-order valence-electron chi connectivity index (χ2n) is 12.2. The highest BCUT2D eigenvalue weighted by Gasteiger charge is 2.39. The van der Waals surface area contributed by atoms with Crippen molar-refractivity contribution in [2.24, 2.45) is 0 Å². The average Bonchev–Trinajstić information content (AvgIpc) is 3.81. The number of fused-ring (bicyclic) bond motifs is 2. The van der Waals surface area contributed by atoms with E-state index in [4.69, 9.17) is 20.9 Å². The molecule has 1 unspecified atom stereocenters. The Morgan fingerprint density at radius 1 is 1.11 bits per heavy atom. The van der Waals surface area contributed by atoms with Gasteiger partial charge >= 0.3 is 13.9 Å². The molecule has 7 rings (SSSR count). The van der Waals surface area contributed by atoms with Crippen molar-refractivity contribution in [3.63, 3.8) is 0 Å². The van der Waals surface area contributed by atoms with Crippen LogP contribution in [0, 0.1) is 18.3 Å². The fourth-order valence-corrected chi connectivity index (χ4v) is 8.38. The zero-order valence-corrected chi connectivity index (χ0v) is 30.5. The number of rotatable bonds is 9. The van der Waals surface area contributed by atoms with Gasteiger partial charge in [-0.25, -0.2) is 18.9 Å². The van der Waals surface area contributed by atoms with E-state index in [-0.39, 0.29) is 60.0 Å². The molecule has 13 nitrogen and oxygen atoms in total. The van der Waals surface area contributed by atoms with E-state index in [2.05, 4.69) is 15.0 Å². The Morgan fingerprint density at radius 3 is 2.58 bits per heavy atom. The molecule has 1 atom stereocenters. The summed E-state index contributed by atoms with van der Waals surface area (Å²) in [5.41, 5.74) is -1.03. The fourth-order valence-electron chi connectivity index (χ4n) is 6.28. The summed E-state index contributed by atoms with van der Waals surface area (Å²) in [6, 6.07) is 9.44. The van der Waals surface area contributed by atoms with Crippen LogP contribution >= 0.6 is 30.7 Å². The number of thiophene rings is 1. The van der Waals surface area contributed by atoms with Crippen molar-refractivity contribution in [2.75, 3.05) is 44.7 Å². The molecule has 0 bridgehead atoms. The van der Waals surface area contributed by atoms with Crippen LogP contribution in [0.2, 0.25) is 5.02 Å². The number of nitrogens with zero attached hydrogens (tertiary/aromatic N) is 8. The van der Waals surface area contributed by atoms with E-state index in [0.29, 0.717) is 45.2 Å². The van der Waals surface area contributed by atoms with Crippen LogP contribution in [0.5, 0.6) is 11.5 Å². The van der Waals surface area contributed by atoms with Crippen molar-refractivity contribution in [3.05, 3.63) is 93.0 Å². The molecule has 2 aromatic carbocycles. The molecule has 6 aromatic rings. The Morgan fingerprint density at radius 2 is 1.89 bits per heavy atom. The largest absolute Gasteiger partial charge is 0.491 e. The smallest absolute Gasteiger partial charge is 0.491 e. The molecule has 1 aliphatic heterocycles. The molecule has 4 aromatic heterocycles. The van der Waals surface area contributed by atoms with Crippen molar-refractivity contribution in [3.8, 4) is 28.7 Å². The van der Waals surface area contributed by atoms with Gasteiger partial charge in [-0.15, -0.1) is 11.3 Å². The standard InChI is InChI=1S/C34H29ClF3N8O5PS/c1-20-42-26-16-25(34(36,37)38)31(44-11-9-43(2)10-12-44)24(17-39)29(26)33(47)46(20)13-14-50-27-4-3-21(35)15-23(27)22-5-6-41-30-28(18-53-32(22)30)51-52(48,49)45-8-7-40-19-45/h3-8,15-16,18-19H,9-14H2,1-2H3,(H,48,49). The minimum Gasteiger partial charge on any atom is -0.491 e. The van der Waals surface area contributed by atoms with E-state index in [0.717, 1.165) is 10.4 Å². The number of ether oxygens (including phenoxy) is 1. The first-order valence-electron chi connectivity index (χ1n) is 16.1. The molecule has 1 fully saturated rings. The minimum atomic E-state index is -4.79. The van der Waals surface area contributed by atoms with E-state index < -0.39 is 25.0 Å². The Kier molecular flexibility index (Phi) is 9.68. The third kappa shape index (κ3) is 6.96. The van der Waals surface area contributed by atoms with Crippen LogP contribution in [-0.4, -0.2) is 73.5 Å². The number of aryl methyl sites for hydroxylation is 1. The molecule has 0 radical (unpaired) electrons. The molecule has 1 aliphatic rings. The second-order valence-corrected chi connectivity index (χ2v) is 15.1. The molecule has 0 spiro atoms. The number of pyridine rings is 1. The van der Waals surface area contributed by atoms with Gasteiger partial charge in [0.05, 0.1) is 39.0 Å². The lowest BCUT2D eigenvalue weighted by molar-refractivity contribution is -0.137. The maximum absolute atomic E-state index is 14.4. The maximum atomic E-state index is 14.4. The number of aromatic nitrogens is 5. The first-order chi connectivity index (χ1) is 25.3. The van der Waals surface area contributed by atoms with E-state index >= 15 is 0 Å². The Balaban J connectivity index is 1.21. The number of piperazine rings is 1. The summed E-state index contributed by atoms with van der Waals surface area (Å²) in [7, 11) is -2.46. The highest BCUT2D eigenvalue weighted by Crippen LogP contribution is 2.49. The van der Waals surface area contributed by atoms with Gasteiger partial charge in [-0.3, -0.25) is 19.2 Å². The third-order valence-electron chi connectivity index (χ3n) is 8.87. The van der Waals surface area contributed by atoms with Crippen LogP contribution in [0.15, 0.2) is 65.4 Å². The summed E-state index contributed by atoms with van der Waals surface area (Å²) in [6.07, 6.45) is 0.562. The number of likely N-dealkylation sites (N-methyl/N-ethyl adjacent to an activating group) is 1. The average molecular weight is 785 g/mol. The highest BCUT2D eigenvalue weighted by atomic mass is 35.5. The van der Waals surface area contributed by atoms with Crippen molar-refractivity contribution in [1.29, 1.82) is 5.26 Å². The molecule has 0 amide bonds. The number of anilines is 1. The van der Waals surface area contributed by atoms with Gasteiger partial charge in [0.1, 0.15) is 36.1 Å². The Labute approximate surface area is 308 Å². The number of hydrogen-bond acceptors (Lipinski definition) is 11. The highest BCUT2D eigenvalue weighted by molar-refractivity contribution is 7.51. The summed E-state index contributed by atoms with van der Waals surface area (Å²) in [4.78, 5) is 40.5. The number of benzene rings is 2. The van der Waals surface area contributed by atoms with E-state index in [1.807, 2.05) is 18.0 Å². The van der Waals surface area contributed by atoms with Crippen molar-refractivity contribution in [1.82, 2.24) is 28.8 Å². The molecule has 0 aliphatic carbocycles. The predicted octanol–water partition coefficient (Wildman–Crippen LogP) is 6.58. The summed E-state index contributed by atoms with van der Waals surface area (Å²) < 4.78 is 70.7. The van der Waals surface area contributed by atoms with Gasteiger partial charge in [0, 0.05) is 66.3 Å². The SMILES string of the molecule is Cc1nc2cc(C(F)(F)F)c(N3CCN(C)CC3)c(C#N)c2c(=O)n1CCOc1ccc(Cl)cc1-c1ccnc2c(OP(=O)(O)n3ccnc3)csc12. The van der Waals surface area contributed by atoms with Crippen molar-refractivity contribution >= 4 is 57.5 Å². The maximum Gasteiger partial charge on any atom is 0.491 e. The monoisotopic (exact) mass is 784 g/mol. The topological polar surface area (TPSA) is 152 Å². The summed E-state index contributed by atoms with van der Waals surface area (Å²) in [5, 5.41) is 12.0. The van der Waals surface area contributed by atoms with Gasteiger partial charge in [-0.1, -0.05) is 11.6 Å². The Bertz CT molecular complexity index is 2510. The molecule has 19 heteroatoms. The van der Waals surface area contributed by atoms with Crippen LogP contribution in [-0.2, 0) is 17.3 Å². The van der Waals surface area contributed by atoms with E-state index in [1.54, 1.807) is 29.6 Å². The van der Waals surface area contributed by atoms with E-state index in [9.17, 15) is 32.7 Å². The molecule has 53 heavy (non-hydrogen) atoms. The Hall–Kier alpha value is -4.98. The lowest BCUT2D eigenvalue weighted by Gasteiger charge is -2.36. The van der Waals surface area contributed by atoms with Crippen molar-refractivity contribution < 1.29 is 31.9 Å². The quantitative estimate of drug-likeness (QED) is 0.158. The first-order valence-corrected chi connectivity index (χ1v) is 18.8. The van der Waals surface area contributed by atoms with Crippen LogP contribution in [0.1, 0.15) is 17.0 Å². The van der Waals surface area contributed by atoms with Gasteiger partial charge in [0.2, 0.25) is 0 Å². The van der Waals surface area contributed by atoms with E-state index in [1.165, 1.54) is 52.6 Å².